The summed E-state index contributed by atoms with van der Waals surface area (Å²) in [5.74, 6) is 0.656. The number of unbranched alkanes of at least 4 members (excludes halogenated alkanes) is 2. The molecule has 0 aliphatic rings. The fraction of sp³-hybridized carbons (Fsp3) is 0.600. The summed E-state index contributed by atoms with van der Waals surface area (Å²) in [6.07, 6.45) is 3.73. The lowest BCUT2D eigenvalue weighted by molar-refractivity contribution is 0.135. The number of furan rings is 1. The number of hydrogen-bond acceptors (Lipinski definition) is 2. The van der Waals surface area contributed by atoms with Gasteiger partial charge in [0.25, 0.3) is 0 Å². The van der Waals surface area contributed by atoms with Crippen LogP contribution in [0.2, 0.25) is 0 Å². The van der Waals surface area contributed by atoms with Gasteiger partial charge >= 0.3 is 0 Å². The fourth-order valence-electron chi connectivity index (χ4n) is 1.24. The molecule has 1 rings (SSSR count). The third-order valence-electron chi connectivity index (χ3n) is 2.00. The van der Waals surface area contributed by atoms with Gasteiger partial charge in [-0.3, -0.25) is 0 Å². The van der Waals surface area contributed by atoms with Crippen LogP contribution in [-0.4, -0.2) is 5.11 Å². The normalized spacial score (nSPS) is 13.2. The molecule has 0 fully saturated rings. The lowest BCUT2D eigenvalue weighted by Crippen LogP contribution is -1.94. The van der Waals surface area contributed by atoms with E-state index in [-0.39, 0.29) is 0 Å². The summed E-state index contributed by atoms with van der Waals surface area (Å²) < 4.78 is 5.92. The van der Waals surface area contributed by atoms with E-state index in [2.05, 4.69) is 22.9 Å². The number of aliphatic hydroxyl groups excluding tert-OH is 1. The minimum atomic E-state index is -0.446. The summed E-state index contributed by atoms with van der Waals surface area (Å²) in [6, 6.07) is 3.61. The van der Waals surface area contributed by atoms with Crippen LogP contribution in [0.25, 0.3) is 0 Å². The topological polar surface area (TPSA) is 33.4 Å². The molecule has 0 bridgehead atoms. The van der Waals surface area contributed by atoms with Gasteiger partial charge in [-0.2, -0.15) is 0 Å². The standard InChI is InChI=1S/C10H15BrO2/c1-2-3-4-5-8(12)9-6-7-10(11)13-9/h6-8,12H,2-5H2,1H3. The van der Waals surface area contributed by atoms with Gasteiger partial charge in [0.15, 0.2) is 4.67 Å². The van der Waals surface area contributed by atoms with E-state index in [1.54, 1.807) is 12.1 Å². The van der Waals surface area contributed by atoms with Crippen molar-refractivity contribution in [1.29, 1.82) is 0 Å². The van der Waals surface area contributed by atoms with Gasteiger partial charge in [-0.15, -0.1) is 0 Å². The van der Waals surface area contributed by atoms with Crippen molar-refractivity contribution >= 4 is 15.9 Å². The summed E-state index contributed by atoms with van der Waals surface area (Å²) in [7, 11) is 0. The molecule has 1 aromatic heterocycles. The molecule has 1 aromatic rings. The maximum absolute atomic E-state index is 9.65. The Kier molecular flexibility index (Phi) is 4.53. The molecule has 0 aromatic carbocycles. The van der Waals surface area contributed by atoms with Gasteiger partial charge in [-0.05, 0) is 34.5 Å². The Hall–Kier alpha value is -0.280. The van der Waals surface area contributed by atoms with E-state index in [0.29, 0.717) is 10.4 Å². The van der Waals surface area contributed by atoms with Crippen LogP contribution in [0.3, 0.4) is 0 Å². The van der Waals surface area contributed by atoms with Crippen LogP contribution in [0.5, 0.6) is 0 Å². The van der Waals surface area contributed by atoms with Gasteiger partial charge in [0.2, 0.25) is 0 Å². The van der Waals surface area contributed by atoms with Crippen LogP contribution >= 0.6 is 15.9 Å². The monoisotopic (exact) mass is 246 g/mol. The number of rotatable bonds is 5. The van der Waals surface area contributed by atoms with Crippen LogP contribution in [0.15, 0.2) is 21.2 Å². The van der Waals surface area contributed by atoms with Crippen molar-refractivity contribution in [3.63, 3.8) is 0 Å². The van der Waals surface area contributed by atoms with E-state index in [0.717, 1.165) is 12.8 Å². The average molecular weight is 247 g/mol. The second-order valence-electron chi connectivity index (χ2n) is 3.15. The van der Waals surface area contributed by atoms with Crippen molar-refractivity contribution in [2.45, 2.75) is 38.7 Å². The zero-order chi connectivity index (χ0) is 9.68. The minimum Gasteiger partial charge on any atom is -0.452 e. The lowest BCUT2D eigenvalue weighted by atomic mass is 10.1. The Morgan fingerprint density at radius 2 is 2.23 bits per heavy atom. The van der Waals surface area contributed by atoms with E-state index >= 15 is 0 Å². The van der Waals surface area contributed by atoms with Crippen LogP contribution in [0, 0.1) is 0 Å². The smallest absolute Gasteiger partial charge is 0.169 e. The highest BCUT2D eigenvalue weighted by molar-refractivity contribution is 9.10. The van der Waals surface area contributed by atoms with Crippen molar-refractivity contribution in [2.24, 2.45) is 0 Å². The van der Waals surface area contributed by atoms with Crippen LogP contribution in [0.4, 0.5) is 0 Å². The molecule has 0 aliphatic heterocycles. The molecule has 0 amide bonds. The molecule has 74 valence electrons. The summed E-state index contributed by atoms with van der Waals surface area (Å²) in [6.45, 7) is 2.15. The van der Waals surface area contributed by atoms with Crippen molar-refractivity contribution in [3.05, 3.63) is 22.6 Å². The molecule has 2 nitrogen and oxygen atoms in total. The Labute approximate surface area is 87.1 Å². The molecule has 1 atom stereocenters. The molecule has 0 saturated carbocycles. The number of halogens is 1. The van der Waals surface area contributed by atoms with Gasteiger partial charge in [-0.25, -0.2) is 0 Å². The van der Waals surface area contributed by atoms with Gasteiger partial charge in [0, 0.05) is 0 Å². The van der Waals surface area contributed by atoms with Crippen molar-refractivity contribution in [3.8, 4) is 0 Å². The predicted molar refractivity (Wildman–Crippen MR) is 55.5 cm³/mol. The molecule has 1 unspecified atom stereocenters. The van der Waals surface area contributed by atoms with E-state index in [4.69, 9.17) is 4.42 Å². The zero-order valence-electron chi connectivity index (χ0n) is 7.79. The Balaban J connectivity index is 2.35. The summed E-state index contributed by atoms with van der Waals surface area (Å²) >= 11 is 3.20. The maximum Gasteiger partial charge on any atom is 0.169 e. The van der Waals surface area contributed by atoms with Crippen molar-refractivity contribution in [2.75, 3.05) is 0 Å². The second-order valence-corrected chi connectivity index (χ2v) is 3.94. The molecule has 0 saturated heterocycles. The third kappa shape index (κ3) is 3.53. The molecule has 0 aliphatic carbocycles. The highest BCUT2D eigenvalue weighted by Gasteiger charge is 2.10. The molecule has 0 spiro atoms. The lowest BCUT2D eigenvalue weighted by Gasteiger charge is -2.05. The Morgan fingerprint density at radius 1 is 1.46 bits per heavy atom. The predicted octanol–water partition coefficient (Wildman–Crippen LogP) is 3.66. The summed E-state index contributed by atoms with van der Waals surface area (Å²) in [5.41, 5.74) is 0. The second kappa shape index (κ2) is 5.45. The van der Waals surface area contributed by atoms with Gasteiger partial charge in [-0.1, -0.05) is 26.2 Å². The first-order valence-electron chi connectivity index (χ1n) is 4.67. The third-order valence-corrected chi connectivity index (χ3v) is 2.43. The van der Waals surface area contributed by atoms with Gasteiger partial charge < -0.3 is 9.52 Å². The zero-order valence-corrected chi connectivity index (χ0v) is 9.38. The molecule has 1 N–H and O–H groups in total. The molecule has 13 heavy (non-hydrogen) atoms. The maximum atomic E-state index is 9.65. The largest absolute Gasteiger partial charge is 0.452 e. The molecular weight excluding hydrogens is 232 g/mol. The number of aliphatic hydroxyl groups is 1. The fourth-order valence-corrected chi connectivity index (χ4v) is 1.56. The van der Waals surface area contributed by atoms with Crippen LogP contribution in [-0.2, 0) is 0 Å². The molecular formula is C10H15BrO2. The quantitative estimate of drug-likeness (QED) is 0.805. The van der Waals surface area contributed by atoms with Crippen LogP contribution < -0.4 is 0 Å². The van der Waals surface area contributed by atoms with Gasteiger partial charge in [0.05, 0.1) is 0 Å². The molecule has 0 radical (unpaired) electrons. The van der Waals surface area contributed by atoms with E-state index in [9.17, 15) is 5.11 Å². The van der Waals surface area contributed by atoms with Gasteiger partial charge in [0.1, 0.15) is 11.9 Å². The van der Waals surface area contributed by atoms with E-state index in [1.165, 1.54) is 12.8 Å². The van der Waals surface area contributed by atoms with Crippen molar-refractivity contribution < 1.29 is 9.52 Å². The SMILES string of the molecule is CCCCCC(O)c1ccc(Br)o1. The van der Waals surface area contributed by atoms with Crippen molar-refractivity contribution in [1.82, 2.24) is 0 Å². The first-order valence-corrected chi connectivity index (χ1v) is 5.46. The average Bonchev–Trinajstić information content (AvgIpc) is 2.52. The highest BCUT2D eigenvalue weighted by atomic mass is 79.9. The first kappa shape index (κ1) is 10.8. The number of hydrogen-bond donors (Lipinski definition) is 1. The summed E-state index contributed by atoms with van der Waals surface area (Å²) in [4.78, 5) is 0. The molecule has 1 heterocycles. The van der Waals surface area contributed by atoms with E-state index in [1.807, 2.05) is 0 Å². The highest BCUT2D eigenvalue weighted by Crippen LogP contribution is 2.24. The summed E-state index contributed by atoms with van der Waals surface area (Å²) in [5, 5.41) is 9.65. The Bertz CT molecular complexity index is 245. The molecule has 3 heteroatoms. The van der Waals surface area contributed by atoms with E-state index < -0.39 is 6.10 Å². The van der Waals surface area contributed by atoms with Crippen LogP contribution in [0.1, 0.15) is 44.5 Å². The Morgan fingerprint density at radius 3 is 2.77 bits per heavy atom. The first-order chi connectivity index (χ1) is 6.24. The minimum absolute atomic E-state index is 0.446.